The molecule has 0 spiro atoms. The van der Waals surface area contributed by atoms with Gasteiger partial charge in [-0.2, -0.15) is 0 Å². The summed E-state index contributed by atoms with van der Waals surface area (Å²) in [6, 6.07) is 11.3. The molecule has 9 nitrogen and oxygen atoms in total. The van der Waals surface area contributed by atoms with Crippen molar-refractivity contribution in [1.82, 2.24) is 14.5 Å². The number of alkyl halides is 1. The lowest BCUT2D eigenvalue weighted by Gasteiger charge is -2.12. The number of rotatable bonds is 12. The summed E-state index contributed by atoms with van der Waals surface area (Å²) in [5, 5.41) is 16.7. The monoisotopic (exact) mass is 513 g/mol. The Morgan fingerprint density at radius 3 is 2.83 bits per heavy atom. The second-order valence-corrected chi connectivity index (χ2v) is 8.91. The Morgan fingerprint density at radius 2 is 2.06 bits per heavy atom. The van der Waals surface area contributed by atoms with Gasteiger partial charge in [-0.25, -0.2) is 14.4 Å². The summed E-state index contributed by atoms with van der Waals surface area (Å²) in [6.07, 6.45) is 1.49. The lowest BCUT2D eigenvalue weighted by molar-refractivity contribution is -0.116. The molecular formula is C25H28FN5O4S. The fourth-order valence-electron chi connectivity index (χ4n) is 3.91. The Hall–Kier alpha value is -3.70. The number of aliphatic hydroxyl groups excluding tert-OH is 1. The van der Waals surface area contributed by atoms with Crippen LogP contribution in [0.25, 0.3) is 21.5 Å². The molecule has 3 aromatic heterocycles. The first-order chi connectivity index (χ1) is 17.5. The lowest BCUT2D eigenvalue weighted by Crippen LogP contribution is -2.12. The molecule has 0 aliphatic rings. The number of benzene rings is 1. The van der Waals surface area contributed by atoms with Crippen molar-refractivity contribution in [3.05, 3.63) is 48.4 Å². The second-order valence-electron chi connectivity index (χ2n) is 7.86. The topological polar surface area (TPSA) is 111 Å². The normalized spacial score (nSPS) is 11.0. The van der Waals surface area contributed by atoms with Crippen LogP contribution >= 0.6 is 11.3 Å². The molecule has 4 rings (SSSR count). The minimum atomic E-state index is -0.883. The predicted molar refractivity (Wildman–Crippen MR) is 139 cm³/mol. The average molecular weight is 514 g/mol. The molecule has 0 fully saturated rings. The fraction of sp³-hybridized carbons (Fsp3) is 0.320. The maximum Gasteiger partial charge on any atom is 0.228 e. The number of amides is 1. The van der Waals surface area contributed by atoms with Crippen LogP contribution < -0.4 is 20.1 Å². The third kappa shape index (κ3) is 5.74. The van der Waals surface area contributed by atoms with Crippen LogP contribution in [0.1, 0.15) is 19.0 Å². The molecule has 0 radical (unpaired) electrons. The van der Waals surface area contributed by atoms with Gasteiger partial charge >= 0.3 is 0 Å². The molecule has 0 unspecified atom stereocenters. The zero-order valence-electron chi connectivity index (χ0n) is 20.1. The Labute approximate surface area is 211 Å². The standard InChI is InChI=1S/C25H28FN5O4S/c1-3-34-20-13-21(36-25(20)30-23(33)7-10-32)18-12-22(29-15-28-18)27-8-9-31-16(2)11-17-5-4-6-19(24(17)31)35-14-26/h4-6,11-13,15,32H,3,7-10,14H2,1-2H3,(H,30,33)(H,27,28,29). The summed E-state index contributed by atoms with van der Waals surface area (Å²) in [6.45, 7) is 4.40. The summed E-state index contributed by atoms with van der Waals surface area (Å²) >= 11 is 1.34. The minimum absolute atomic E-state index is 0.0118. The molecule has 3 heterocycles. The first-order valence-electron chi connectivity index (χ1n) is 11.5. The van der Waals surface area contributed by atoms with Crippen LogP contribution in [0.5, 0.6) is 11.5 Å². The van der Waals surface area contributed by atoms with Crippen molar-refractivity contribution < 1.29 is 23.8 Å². The number of fused-ring (bicyclic) bond motifs is 1. The van der Waals surface area contributed by atoms with E-state index in [0.29, 0.717) is 47.7 Å². The highest BCUT2D eigenvalue weighted by molar-refractivity contribution is 7.20. The third-order valence-corrected chi connectivity index (χ3v) is 6.51. The molecule has 36 heavy (non-hydrogen) atoms. The first kappa shape index (κ1) is 25.4. The number of hydrogen-bond acceptors (Lipinski definition) is 8. The quantitative estimate of drug-likeness (QED) is 0.254. The van der Waals surface area contributed by atoms with Crippen molar-refractivity contribution >= 4 is 39.0 Å². The Bertz CT molecular complexity index is 1340. The van der Waals surface area contributed by atoms with E-state index >= 15 is 0 Å². The van der Waals surface area contributed by atoms with Crippen molar-refractivity contribution in [3.63, 3.8) is 0 Å². The number of para-hydroxylation sites is 1. The molecule has 0 aliphatic heterocycles. The van der Waals surface area contributed by atoms with Crippen molar-refractivity contribution in [2.75, 3.05) is 37.3 Å². The molecule has 0 aliphatic carbocycles. The number of nitrogens with one attached hydrogen (secondary N) is 2. The summed E-state index contributed by atoms with van der Waals surface area (Å²) < 4.78 is 25.8. The number of carbonyl (C=O) groups excluding carboxylic acids is 1. The molecule has 1 amide bonds. The van der Waals surface area contributed by atoms with Crippen molar-refractivity contribution in [3.8, 4) is 22.1 Å². The van der Waals surface area contributed by atoms with Gasteiger partial charge in [0.15, 0.2) is 5.75 Å². The summed E-state index contributed by atoms with van der Waals surface area (Å²) in [5.74, 6) is 1.42. The maximum absolute atomic E-state index is 12.9. The van der Waals surface area contributed by atoms with Gasteiger partial charge < -0.3 is 29.8 Å². The largest absolute Gasteiger partial charge is 0.491 e. The number of aryl methyl sites for hydroxylation is 1. The SMILES string of the molecule is CCOc1cc(-c2cc(NCCn3c(C)cc4cccc(OCF)c43)ncn2)sc1NC(=O)CCO. The van der Waals surface area contributed by atoms with Crippen LogP contribution in [0, 0.1) is 6.92 Å². The fourth-order valence-corrected chi connectivity index (χ4v) is 4.90. The van der Waals surface area contributed by atoms with Gasteiger partial charge in [-0.15, -0.1) is 11.3 Å². The van der Waals surface area contributed by atoms with E-state index in [1.165, 1.54) is 17.7 Å². The summed E-state index contributed by atoms with van der Waals surface area (Å²) in [4.78, 5) is 21.5. The number of anilines is 2. The first-order valence-corrected chi connectivity index (χ1v) is 12.4. The van der Waals surface area contributed by atoms with Gasteiger partial charge in [-0.3, -0.25) is 4.79 Å². The van der Waals surface area contributed by atoms with Crippen LogP contribution in [-0.4, -0.2) is 52.2 Å². The number of aliphatic hydroxyl groups is 1. The smallest absolute Gasteiger partial charge is 0.228 e. The Balaban J connectivity index is 1.49. The molecule has 4 aromatic rings. The van der Waals surface area contributed by atoms with E-state index in [9.17, 15) is 9.18 Å². The number of thiophene rings is 1. The van der Waals surface area contributed by atoms with Crippen LogP contribution in [0.2, 0.25) is 0 Å². The number of carbonyl (C=O) groups is 1. The number of halogens is 1. The Kier molecular flexibility index (Phi) is 8.34. The predicted octanol–water partition coefficient (Wildman–Crippen LogP) is 4.61. The van der Waals surface area contributed by atoms with Crippen LogP contribution in [0.15, 0.2) is 42.7 Å². The zero-order valence-corrected chi connectivity index (χ0v) is 20.9. The lowest BCUT2D eigenvalue weighted by atomic mass is 10.2. The summed E-state index contributed by atoms with van der Waals surface area (Å²) in [5.41, 5.74) is 2.58. The van der Waals surface area contributed by atoms with Gasteiger partial charge in [0.25, 0.3) is 0 Å². The van der Waals surface area contributed by atoms with Gasteiger partial charge in [0, 0.05) is 36.3 Å². The van der Waals surface area contributed by atoms with Crippen LogP contribution in [0.4, 0.5) is 15.2 Å². The van der Waals surface area contributed by atoms with Gasteiger partial charge in [0.2, 0.25) is 12.8 Å². The minimum Gasteiger partial charge on any atom is -0.491 e. The van der Waals surface area contributed by atoms with E-state index in [4.69, 9.17) is 14.6 Å². The van der Waals surface area contributed by atoms with Crippen LogP contribution in [-0.2, 0) is 11.3 Å². The molecule has 0 saturated carbocycles. The zero-order chi connectivity index (χ0) is 25.5. The molecule has 0 saturated heterocycles. The van der Waals surface area contributed by atoms with Crippen LogP contribution in [0.3, 0.4) is 0 Å². The van der Waals surface area contributed by atoms with E-state index < -0.39 is 6.86 Å². The van der Waals surface area contributed by atoms with E-state index in [2.05, 4.69) is 25.2 Å². The van der Waals surface area contributed by atoms with Gasteiger partial charge in [-0.1, -0.05) is 12.1 Å². The summed E-state index contributed by atoms with van der Waals surface area (Å²) in [7, 11) is 0. The maximum atomic E-state index is 12.9. The van der Waals surface area contributed by atoms with Gasteiger partial charge in [-0.05, 0) is 26.0 Å². The van der Waals surface area contributed by atoms with E-state index in [1.807, 2.05) is 44.2 Å². The van der Waals surface area contributed by atoms with Crippen molar-refractivity contribution in [1.29, 1.82) is 0 Å². The second kappa shape index (κ2) is 11.8. The van der Waals surface area contributed by atoms with Crippen molar-refractivity contribution in [2.45, 2.75) is 26.8 Å². The molecule has 1 aromatic carbocycles. The van der Waals surface area contributed by atoms with Crippen molar-refractivity contribution in [2.24, 2.45) is 0 Å². The highest BCUT2D eigenvalue weighted by Gasteiger charge is 2.16. The number of ether oxygens (including phenoxy) is 2. The Morgan fingerprint density at radius 1 is 1.19 bits per heavy atom. The van der Waals surface area contributed by atoms with E-state index in [0.717, 1.165) is 21.5 Å². The number of hydrogen-bond donors (Lipinski definition) is 3. The highest BCUT2D eigenvalue weighted by Crippen LogP contribution is 2.40. The molecule has 3 N–H and O–H groups in total. The average Bonchev–Trinajstić information content (AvgIpc) is 3.40. The molecular weight excluding hydrogens is 485 g/mol. The van der Waals surface area contributed by atoms with Gasteiger partial charge in [0.1, 0.15) is 22.9 Å². The molecule has 11 heteroatoms. The highest BCUT2D eigenvalue weighted by atomic mass is 32.1. The number of aromatic nitrogens is 3. The van der Waals surface area contributed by atoms with Gasteiger partial charge in [0.05, 0.1) is 35.7 Å². The van der Waals surface area contributed by atoms with E-state index in [1.54, 1.807) is 6.07 Å². The molecule has 190 valence electrons. The van der Waals surface area contributed by atoms with E-state index in [-0.39, 0.29) is 18.9 Å². The molecule has 0 atom stereocenters. The molecule has 0 bridgehead atoms. The third-order valence-electron chi connectivity index (χ3n) is 5.45. The number of nitrogens with zero attached hydrogens (tertiary/aromatic N) is 3.